The average Bonchev–Trinajstić information content (AvgIpc) is 2.54. The Kier molecular flexibility index (Phi) is 5.31. The second-order valence-corrected chi connectivity index (χ2v) is 7.17. The molecule has 0 saturated heterocycles. The Morgan fingerprint density at radius 2 is 1.08 bits per heavy atom. The third kappa shape index (κ3) is 4.27. The summed E-state index contributed by atoms with van der Waals surface area (Å²) in [6.45, 7) is 11.1. The zero-order valence-electron chi connectivity index (χ0n) is 15.8. The van der Waals surface area contributed by atoms with Crippen molar-refractivity contribution in [3.63, 3.8) is 0 Å². The van der Waals surface area contributed by atoms with E-state index in [4.69, 9.17) is 0 Å². The maximum atomic E-state index is 12.7. The van der Waals surface area contributed by atoms with Gasteiger partial charge in [0.2, 0.25) is 11.8 Å². The Morgan fingerprint density at radius 3 is 1.44 bits per heavy atom. The first kappa shape index (κ1) is 18.7. The van der Waals surface area contributed by atoms with Gasteiger partial charge in [-0.1, -0.05) is 24.3 Å². The molecule has 2 amide bonds. The maximum absolute atomic E-state index is 12.7. The molecule has 0 aromatic heterocycles. The molecule has 2 aromatic rings. The largest absolute Gasteiger partial charge is 0.325 e. The van der Waals surface area contributed by atoms with Gasteiger partial charge in [0.05, 0.1) is 0 Å². The standard InChI is InChI=1S/C21H26N2O2/c1-13-7-9-15(3)17(11-13)22-19(24)21(5,6)20(25)23-18-12-14(2)8-10-16(18)4/h7-12H,1-6H3,(H,22,24)(H,23,25). The zero-order valence-corrected chi connectivity index (χ0v) is 15.8. The van der Waals surface area contributed by atoms with E-state index in [0.29, 0.717) is 0 Å². The number of anilines is 2. The summed E-state index contributed by atoms with van der Waals surface area (Å²) in [5, 5.41) is 5.77. The number of amides is 2. The van der Waals surface area contributed by atoms with Crippen LogP contribution in [0.15, 0.2) is 36.4 Å². The molecule has 0 unspecified atom stereocenters. The molecule has 0 aliphatic rings. The van der Waals surface area contributed by atoms with Gasteiger partial charge in [0, 0.05) is 11.4 Å². The van der Waals surface area contributed by atoms with Crippen LogP contribution in [0.25, 0.3) is 0 Å². The number of carbonyl (C=O) groups excluding carboxylic acids is 2. The van der Waals surface area contributed by atoms with Crippen molar-refractivity contribution in [2.75, 3.05) is 10.6 Å². The third-order valence-electron chi connectivity index (χ3n) is 4.42. The summed E-state index contributed by atoms with van der Waals surface area (Å²) >= 11 is 0. The summed E-state index contributed by atoms with van der Waals surface area (Å²) in [7, 11) is 0. The Hall–Kier alpha value is -2.62. The van der Waals surface area contributed by atoms with E-state index in [0.717, 1.165) is 33.6 Å². The quantitative estimate of drug-likeness (QED) is 0.805. The molecule has 0 aliphatic carbocycles. The molecule has 0 saturated carbocycles. The van der Waals surface area contributed by atoms with Gasteiger partial charge in [-0.3, -0.25) is 9.59 Å². The van der Waals surface area contributed by atoms with Crippen LogP contribution < -0.4 is 10.6 Å². The summed E-state index contributed by atoms with van der Waals surface area (Å²) in [4.78, 5) is 25.4. The summed E-state index contributed by atoms with van der Waals surface area (Å²) in [6.07, 6.45) is 0. The number of aryl methyl sites for hydroxylation is 4. The van der Waals surface area contributed by atoms with E-state index in [2.05, 4.69) is 10.6 Å². The van der Waals surface area contributed by atoms with Crippen LogP contribution in [-0.4, -0.2) is 11.8 Å². The fourth-order valence-electron chi connectivity index (χ4n) is 2.40. The average molecular weight is 338 g/mol. The molecule has 132 valence electrons. The molecule has 2 aromatic carbocycles. The van der Waals surface area contributed by atoms with E-state index in [1.165, 1.54) is 0 Å². The highest BCUT2D eigenvalue weighted by atomic mass is 16.2. The lowest BCUT2D eigenvalue weighted by Gasteiger charge is -2.24. The van der Waals surface area contributed by atoms with Crippen molar-refractivity contribution in [1.82, 2.24) is 0 Å². The van der Waals surface area contributed by atoms with Crippen molar-refractivity contribution in [3.05, 3.63) is 58.7 Å². The number of carbonyl (C=O) groups is 2. The van der Waals surface area contributed by atoms with Gasteiger partial charge in [0.15, 0.2) is 0 Å². The van der Waals surface area contributed by atoms with Crippen molar-refractivity contribution < 1.29 is 9.59 Å². The van der Waals surface area contributed by atoms with Crippen LogP contribution in [0, 0.1) is 33.1 Å². The van der Waals surface area contributed by atoms with E-state index in [1.54, 1.807) is 13.8 Å². The normalized spacial score (nSPS) is 11.1. The van der Waals surface area contributed by atoms with E-state index in [9.17, 15) is 9.59 Å². The fourth-order valence-corrected chi connectivity index (χ4v) is 2.40. The molecule has 2 rings (SSSR count). The first-order chi connectivity index (χ1) is 11.6. The maximum Gasteiger partial charge on any atom is 0.239 e. The summed E-state index contributed by atoms with van der Waals surface area (Å²) in [5.41, 5.74) is 4.30. The van der Waals surface area contributed by atoms with Crippen molar-refractivity contribution in [3.8, 4) is 0 Å². The second-order valence-electron chi connectivity index (χ2n) is 7.17. The Morgan fingerprint density at radius 1 is 0.720 bits per heavy atom. The SMILES string of the molecule is Cc1ccc(C)c(NC(=O)C(C)(C)C(=O)Nc2cc(C)ccc2C)c1. The minimum atomic E-state index is -1.20. The molecule has 0 bridgehead atoms. The van der Waals surface area contributed by atoms with Gasteiger partial charge in [0.1, 0.15) is 5.41 Å². The lowest BCUT2D eigenvalue weighted by molar-refractivity contribution is -0.135. The Bertz CT molecular complexity index is 755. The van der Waals surface area contributed by atoms with Gasteiger partial charge in [-0.2, -0.15) is 0 Å². The van der Waals surface area contributed by atoms with E-state index in [1.807, 2.05) is 64.1 Å². The van der Waals surface area contributed by atoms with Crippen molar-refractivity contribution >= 4 is 23.2 Å². The molecule has 0 aliphatic heterocycles. The Labute approximate surface area is 149 Å². The van der Waals surface area contributed by atoms with Gasteiger partial charge >= 0.3 is 0 Å². The van der Waals surface area contributed by atoms with Gasteiger partial charge in [-0.05, 0) is 75.9 Å². The molecule has 0 radical (unpaired) electrons. The molecule has 25 heavy (non-hydrogen) atoms. The first-order valence-corrected chi connectivity index (χ1v) is 8.38. The van der Waals surface area contributed by atoms with E-state index in [-0.39, 0.29) is 11.8 Å². The second kappa shape index (κ2) is 7.09. The predicted molar refractivity (Wildman–Crippen MR) is 103 cm³/mol. The summed E-state index contributed by atoms with van der Waals surface area (Å²) < 4.78 is 0. The highest BCUT2D eigenvalue weighted by Crippen LogP contribution is 2.25. The summed E-state index contributed by atoms with van der Waals surface area (Å²) in [5.74, 6) is -0.659. The first-order valence-electron chi connectivity index (χ1n) is 8.38. The van der Waals surface area contributed by atoms with Crippen LogP contribution in [0.1, 0.15) is 36.1 Å². The van der Waals surface area contributed by atoms with Gasteiger partial charge in [-0.25, -0.2) is 0 Å². The highest BCUT2D eigenvalue weighted by Gasteiger charge is 2.36. The van der Waals surface area contributed by atoms with Gasteiger partial charge in [0.25, 0.3) is 0 Å². The molecule has 4 heteroatoms. The van der Waals surface area contributed by atoms with Crippen molar-refractivity contribution in [2.45, 2.75) is 41.5 Å². The molecular formula is C21H26N2O2. The minimum Gasteiger partial charge on any atom is -0.325 e. The highest BCUT2D eigenvalue weighted by molar-refractivity contribution is 6.14. The number of hydrogen-bond donors (Lipinski definition) is 2. The molecule has 0 spiro atoms. The zero-order chi connectivity index (χ0) is 18.8. The minimum absolute atomic E-state index is 0.330. The molecule has 0 atom stereocenters. The lowest BCUT2D eigenvalue weighted by atomic mass is 9.90. The van der Waals surface area contributed by atoms with Crippen LogP contribution in [0.2, 0.25) is 0 Å². The van der Waals surface area contributed by atoms with Crippen LogP contribution in [0.4, 0.5) is 11.4 Å². The van der Waals surface area contributed by atoms with Crippen LogP contribution in [0.3, 0.4) is 0 Å². The summed E-state index contributed by atoms with van der Waals surface area (Å²) in [6, 6.07) is 11.7. The predicted octanol–water partition coefficient (Wildman–Crippen LogP) is 4.52. The monoisotopic (exact) mass is 338 g/mol. The molecule has 4 nitrogen and oxygen atoms in total. The topological polar surface area (TPSA) is 58.2 Å². The number of benzene rings is 2. The number of nitrogens with one attached hydrogen (secondary N) is 2. The van der Waals surface area contributed by atoms with Gasteiger partial charge in [-0.15, -0.1) is 0 Å². The molecule has 0 fully saturated rings. The van der Waals surface area contributed by atoms with Crippen molar-refractivity contribution in [1.29, 1.82) is 0 Å². The molecule has 2 N–H and O–H groups in total. The van der Waals surface area contributed by atoms with Crippen molar-refractivity contribution in [2.24, 2.45) is 5.41 Å². The van der Waals surface area contributed by atoms with Gasteiger partial charge < -0.3 is 10.6 Å². The fraction of sp³-hybridized carbons (Fsp3) is 0.333. The van der Waals surface area contributed by atoms with Crippen LogP contribution in [-0.2, 0) is 9.59 Å². The lowest BCUT2D eigenvalue weighted by Crippen LogP contribution is -2.41. The Balaban J connectivity index is 2.18. The number of hydrogen-bond acceptors (Lipinski definition) is 2. The van der Waals surface area contributed by atoms with E-state index >= 15 is 0 Å². The molecular weight excluding hydrogens is 312 g/mol. The molecule has 0 heterocycles. The smallest absolute Gasteiger partial charge is 0.239 e. The van der Waals surface area contributed by atoms with Crippen LogP contribution in [0.5, 0.6) is 0 Å². The van der Waals surface area contributed by atoms with Crippen LogP contribution >= 0.6 is 0 Å². The van der Waals surface area contributed by atoms with E-state index < -0.39 is 5.41 Å². The third-order valence-corrected chi connectivity index (χ3v) is 4.42. The number of rotatable bonds is 4.